The minimum atomic E-state index is -4.64. The zero-order valence-corrected chi connectivity index (χ0v) is 20.9. The molecule has 0 atom stereocenters. The lowest BCUT2D eigenvalue weighted by molar-refractivity contribution is -0.646. The van der Waals surface area contributed by atoms with E-state index in [-0.39, 0.29) is 0 Å². The Hall–Kier alpha value is -3.22. The molecule has 0 saturated carbocycles. The van der Waals surface area contributed by atoms with E-state index in [1.165, 1.54) is 44.9 Å². The van der Waals surface area contributed by atoms with Crippen molar-refractivity contribution >= 4 is 36.6 Å². The number of benzene rings is 2. The van der Waals surface area contributed by atoms with Crippen LogP contribution in [-0.4, -0.2) is 33.3 Å². The predicted molar refractivity (Wildman–Crippen MR) is 138 cm³/mol. The van der Waals surface area contributed by atoms with Crippen LogP contribution in [0.1, 0.15) is 22.6 Å². The molecule has 34 heavy (non-hydrogen) atoms. The Bertz CT molecular complexity index is 1360. The van der Waals surface area contributed by atoms with Crippen LogP contribution in [0.25, 0.3) is 28.7 Å². The van der Waals surface area contributed by atoms with Crippen molar-refractivity contribution in [2.24, 2.45) is 7.05 Å². The number of anilines is 1. The Morgan fingerprint density at radius 1 is 0.912 bits per heavy atom. The molecule has 0 unspecified atom stereocenters. The summed E-state index contributed by atoms with van der Waals surface area (Å²) in [7, 11) is 1.64. The van der Waals surface area contributed by atoms with Gasteiger partial charge in [-0.15, -0.1) is 0 Å². The molecule has 8 heteroatoms. The summed E-state index contributed by atoms with van der Waals surface area (Å²) < 4.78 is 13.4. The van der Waals surface area contributed by atoms with Gasteiger partial charge in [-0.25, -0.2) is 4.57 Å². The van der Waals surface area contributed by atoms with Crippen LogP contribution < -0.4 is 9.47 Å². The van der Waals surface area contributed by atoms with Crippen molar-refractivity contribution in [2.75, 3.05) is 19.0 Å². The van der Waals surface area contributed by atoms with Crippen LogP contribution in [0.5, 0.6) is 0 Å². The molecule has 0 saturated heterocycles. The Kier molecular flexibility index (Phi) is 7.75. The average Bonchev–Trinajstić information content (AvgIpc) is 3.05. The number of rotatable bonds is 4. The van der Waals surface area contributed by atoms with Gasteiger partial charge in [0, 0.05) is 60.5 Å². The minimum Gasteiger partial charge on any atom is -0.378 e. The molecule has 3 N–H and O–H groups in total. The van der Waals surface area contributed by atoms with Gasteiger partial charge in [0.05, 0.1) is 0 Å². The number of para-hydroxylation sites is 1. The standard InChI is InChI=1S/C26H28N3.H3O4P/c1-19-17-21(20(2)29(19)24-9-7-6-8-10-24)11-13-23-14-12-22-18-25(27(3)4)15-16-26(22)28(23)5;1-5(2,3)4/h6-18H,1-5H3;(H3,1,2,3,4)/q+1;. The van der Waals surface area contributed by atoms with E-state index in [0.29, 0.717) is 0 Å². The lowest BCUT2D eigenvalue weighted by Gasteiger charge is -2.12. The molecule has 4 aromatic rings. The summed E-state index contributed by atoms with van der Waals surface area (Å²) in [6, 6.07) is 23.8. The largest absolute Gasteiger partial charge is 0.466 e. The van der Waals surface area contributed by atoms with Gasteiger partial charge >= 0.3 is 7.82 Å². The Morgan fingerprint density at radius 2 is 1.56 bits per heavy atom. The van der Waals surface area contributed by atoms with E-state index in [9.17, 15) is 0 Å². The molecule has 7 nitrogen and oxygen atoms in total. The molecule has 0 bridgehead atoms. The first-order valence-corrected chi connectivity index (χ1v) is 12.3. The second kappa shape index (κ2) is 10.4. The quantitative estimate of drug-likeness (QED) is 0.298. The van der Waals surface area contributed by atoms with Crippen molar-refractivity contribution in [3.63, 3.8) is 0 Å². The second-order valence-corrected chi connectivity index (χ2v) is 9.33. The van der Waals surface area contributed by atoms with Gasteiger partial charge in [0.25, 0.3) is 0 Å². The highest BCUT2D eigenvalue weighted by Gasteiger charge is 2.12. The van der Waals surface area contributed by atoms with Crippen molar-refractivity contribution in [1.29, 1.82) is 0 Å². The first-order valence-electron chi connectivity index (χ1n) is 10.8. The fraction of sp³-hybridized carbons (Fsp3) is 0.192. The van der Waals surface area contributed by atoms with E-state index in [2.05, 4.69) is 128 Å². The van der Waals surface area contributed by atoms with Gasteiger partial charge in [-0.3, -0.25) is 0 Å². The van der Waals surface area contributed by atoms with Crippen molar-refractivity contribution in [3.05, 3.63) is 89.4 Å². The highest BCUT2D eigenvalue weighted by atomic mass is 31.2. The summed E-state index contributed by atoms with van der Waals surface area (Å²) in [5.41, 5.74) is 8.57. The number of nitrogens with zero attached hydrogens (tertiary/aromatic N) is 3. The Balaban J connectivity index is 0.000000588. The van der Waals surface area contributed by atoms with Crippen molar-refractivity contribution in [3.8, 4) is 5.69 Å². The monoisotopic (exact) mass is 480 g/mol. The SMILES string of the molecule is Cc1cc(/C=C/c2ccc3cc(N(C)C)ccc3[n+]2C)c(C)n1-c1ccccc1.O=P(O)(O)O. The summed E-state index contributed by atoms with van der Waals surface area (Å²) in [6.07, 6.45) is 4.42. The van der Waals surface area contributed by atoms with E-state index in [0.717, 1.165) is 0 Å². The first kappa shape index (κ1) is 25.4. The molecule has 0 aliphatic heterocycles. The topological polar surface area (TPSA) is 89.8 Å². The molecule has 0 fully saturated rings. The summed E-state index contributed by atoms with van der Waals surface area (Å²) in [4.78, 5) is 23.7. The maximum atomic E-state index is 8.88. The number of aryl methyl sites for hydroxylation is 2. The molecule has 0 radical (unpaired) electrons. The molecule has 0 aliphatic carbocycles. The number of hydrogen-bond donors (Lipinski definition) is 3. The summed E-state index contributed by atoms with van der Waals surface area (Å²) in [5, 5.41) is 1.25. The average molecular weight is 481 g/mol. The van der Waals surface area contributed by atoms with Crippen LogP contribution in [0.4, 0.5) is 5.69 Å². The summed E-state index contributed by atoms with van der Waals surface area (Å²) >= 11 is 0. The van der Waals surface area contributed by atoms with Crippen LogP contribution in [0.15, 0.2) is 66.7 Å². The van der Waals surface area contributed by atoms with Gasteiger partial charge in [-0.1, -0.05) is 18.2 Å². The molecule has 0 spiro atoms. The highest BCUT2D eigenvalue weighted by Crippen LogP contribution is 2.26. The van der Waals surface area contributed by atoms with E-state index in [1.807, 2.05) is 0 Å². The van der Waals surface area contributed by atoms with E-state index < -0.39 is 7.82 Å². The van der Waals surface area contributed by atoms with Crippen LogP contribution in [0, 0.1) is 13.8 Å². The number of fused-ring (bicyclic) bond motifs is 1. The molecule has 0 aliphatic rings. The zero-order chi connectivity index (χ0) is 25.0. The fourth-order valence-electron chi connectivity index (χ4n) is 3.96. The second-order valence-electron chi connectivity index (χ2n) is 8.30. The molecule has 2 heterocycles. The lowest BCUT2D eigenvalue weighted by atomic mass is 10.1. The van der Waals surface area contributed by atoms with Crippen LogP contribution in [0.3, 0.4) is 0 Å². The van der Waals surface area contributed by atoms with Gasteiger partial charge < -0.3 is 24.1 Å². The molecule has 4 rings (SSSR count). The maximum Gasteiger partial charge on any atom is 0.466 e. The highest BCUT2D eigenvalue weighted by molar-refractivity contribution is 7.45. The third kappa shape index (κ3) is 6.22. The van der Waals surface area contributed by atoms with Gasteiger partial charge in [0.15, 0.2) is 0 Å². The van der Waals surface area contributed by atoms with E-state index in [1.54, 1.807) is 0 Å². The van der Waals surface area contributed by atoms with Crippen LogP contribution in [-0.2, 0) is 11.6 Å². The fourth-order valence-corrected chi connectivity index (χ4v) is 3.96. The Morgan fingerprint density at radius 3 is 2.18 bits per heavy atom. The van der Waals surface area contributed by atoms with Crippen LogP contribution in [0.2, 0.25) is 0 Å². The molecule has 2 aromatic heterocycles. The lowest BCUT2D eigenvalue weighted by Crippen LogP contribution is -2.32. The normalized spacial score (nSPS) is 11.5. The molecule has 2 aromatic carbocycles. The van der Waals surface area contributed by atoms with E-state index >= 15 is 0 Å². The van der Waals surface area contributed by atoms with Gasteiger partial charge in [-0.2, -0.15) is 4.57 Å². The van der Waals surface area contributed by atoms with Gasteiger partial charge in [0.2, 0.25) is 11.2 Å². The summed E-state index contributed by atoms with van der Waals surface area (Å²) in [5.74, 6) is 0. The zero-order valence-electron chi connectivity index (χ0n) is 20.0. The van der Waals surface area contributed by atoms with Gasteiger partial charge in [0.1, 0.15) is 7.05 Å². The number of aromatic nitrogens is 2. The predicted octanol–water partition coefficient (Wildman–Crippen LogP) is 4.38. The smallest absolute Gasteiger partial charge is 0.378 e. The Labute approximate surface area is 200 Å². The van der Waals surface area contributed by atoms with Crippen molar-refractivity contribution < 1.29 is 23.8 Å². The third-order valence-electron chi connectivity index (χ3n) is 5.63. The van der Waals surface area contributed by atoms with Crippen molar-refractivity contribution in [2.45, 2.75) is 13.8 Å². The van der Waals surface area contributed by atoms with Gasteiger partial charge in [-0.05, 0) is 61.9 Å². The summed E-state index contributed by atoms with van der Waals surface area (Å²) in [6.45, 7) is 4.35. The van der Waals surface area contributed by atoms with Crippen molar-refractivity contribution in [1.82, 2.24) is 4.57 Å². The number of pyridine rings is 1. The first-order chi connectivity index (χ1) is 16.0. The molecule has 0 amide bonds. The molecule has 178 valence electrons. The molecular weight excluding hydrogens is 449 g/mol. The minimum absolute atomic E-state index is 1.18. The maximum absolute atomic E-state index is 8.88. The van der Waals surface area contributed by atoms with E-state index in [4.69, 9.17) is 19.2 Å². The van der Waals surface area contributed by atoms with Crippen LogP contribution >= 0.6 is 7.82 Å². The number of phosphoric acid groups is 1. The molecular formula is C26H31N3O4P+. The number of hydrogen-bond acceptors (Lipinski definition) is 2. The third-order valence-corrected chi connectivity index (χ3v) is 5.63.